The maximum Gasteiger partial charge on any atom is 0.250 e. The van der Waals surface area contributed by atoms with E-state index < -0.39 is 0 Å². The molecule has 0 spiro atoms. The molecule has 2 aromatic carbocycles. The maximum absolute atomic E-state index is 12.3. The molecule has 0 fully saturated rings. The summed E-state index contributed by atoms with van der Waals surface area (Å²) in [5.74, 6) is 0.532. The number of nitrogens with zero attached hydrogens (tertiary/aromatic N) is 3. The molecule has 0 saturated heterocycles. The van der Waals surface area contributed by atoms with Gasteiger partial charge in [0.25, 0.3) is 11.9 Å². The molecular formula is C23H22N4OS. The zero-order valence-corrected chi connectivity index (χ0v) is 17.4. The molecule has 29 heavy (non-hydrogen) atoms. The molecule has 4 rings (SSSR count). The van der Waals surface area contributed by atoms with Crippen LogP contribution in [-0.2, 0) is 4.79 Å². The molecule has 0 bridgehead atoms. The predicted molar refractivity (Wildman–Crippen MR) is 119 cm³/mol. The summed E-state index contributed by atoms with van der Waals surface area (Å²) in [6, 6.07) is 16.4. The molecule has 5 nitrogen and oxygen atoms in total. The lowest BCUT2D eigenvalue weighted by atomic mass is 10.0. The number of aryl methyl sites for hydroxylation is 1. The molecule has 0 aliphatic rings. The van der Waals surface area contributed by atoms with Crippen LogP contribution < -0.4 is 5.32 Å². The van der Waals surface area contributed by atoms with Gasteiger partial charge in [0.15, 0.2) is 0 Å². The van der Waals surface area contributed by atoms with Gasteiger partial charge in [0, 0.05) is 17.0 Å². The number of benzene rings is 2. The smallest absolute Gasteiger partial charge is 0.250 e. The van der Waals surface area contributed by atoms with E-state index in [1.165, 1.54) is 28.5 Å². The molecule has 1 N–H and O–H groups in total. The Kier molecular flexibility index (Phi) is 5.27. The number of thiazole rings is 1. The summed E-state index contributed by atoms with van der Waals surface area (Å²) in [6.45, 7) is 6.37. The van der Waals surface area contributed by atoms with Gasteiger partial charge in [-0.3, -0.25) is 10.1 Å². The van der Waals surface area contributed by atoms with Gasteiger partial charge >= 0.3 is 0 Å². The van der Waals surface area contributed by atoms with Crippen LogP contribution in [0.1, 0.15) is 36.5 Å². The number of aromatic nitrogens is 3. The van der Waals surface area contributed by atoms with Crippen molar-refractivity contribution in [2.24, 2.45) is 0 Å². The Morgan fingerprint density at radius 2 is 1.83 bits per heavy atom. The van der Waals surface area contributed by atoms with Crippen molar-refractivity contribution in [1.82, 2.24) is 14.6 Å². The molecule has 2 heterocycles. The van der Waals surface area contributed by atoms with Crippen LogP contribution >= 0.6 is 11.3 Å². The van der Waals surface area contributed by atoms with E-state index in [9.17, 15) is 4.79 Å². The average molecular weight is 403 g/mol. The Morgan fingerprint density at radius 1 is 1.10 bits per heavy atom. The summed E-state index contributed by atoms with van der Waals surface area (Å²) in [7, 11) is 0. The summed E-state index contributed by atoms with van der Waals surface area (Å²) in [4.78, 5) is 17.4. The Balaban J connectivity index is 1.47. The van der Waals surface area contributed by atoms with Crippen LogP contribution in [-0.4, -0.2) is 20.5 Å². The molecule has 0 radical (unpaired) electrons. The molecule has 4 aromatic rings. The normalized spacial score (nSPS) is 11.6. The van der Waals surface area contributed by atoms with E-state index >= 15 is 0 Å². The van der Waals surface area contributed by atoms with Crippen molar-refractivity contribution >= 4 is 34.2 Å². The van der Waals surface area contributed by atoms with Gasteiger partial charge in [0.05, 0.1) is 5.69 Å². The Bertz CT molecular complexity index is 1170. The highest BCUT2D eigenvalue weighted by Gasteiger charge is 2.12. The van der Waals surface area contributed by atoms with E-state index in [0.29, 0.717) is 11.9 Å². The predicted octanol–water partition coefficient (Wildman–Crippen LogP) is 5.54. The number of nitrogens with one attached hydrogen (secondary N) is 1. The van der Waals surface area contributed by atoms with Crippen molar-refractivity contribution in [1.29, 1.82) is 0 Å². The highest BCUT2D eigenvalue weighted by atomic mass is 32.1. The third kappa shape index (κ3) is 4.27. The summed E-state index contributed by atoms with van der Waals surface area (Å²) in [5.41, 5.74) is 5.48. The van der Waals surface area contributed by atoms with Gasteiger partial charge in [-0.25, -0.2) is 4.52 Å². The van der Waals surface area contributed by atoms with Gasteiger partial charge in [-0.15, -0.1) is 16.4 Å². The number of hydrogen-bond acceptors (Lipinski definition) is 4. The van der Waals surface area contributed by atoms with Crippen LogP contribution in [0.5, 0.6) is 0 Å². The molecule has 146 valence electrons. The second kappa shape index (κ2) is 8.01. The number of amides is 1. The fourth-order valence-electron chi connectivity index (χ4n) is 2.97. The Morgan fingerprint density at radius 3 is 2.52 bits per heavy atom. The van der Waals surface area contributed by atoms with E-state index in [-0.39, 0.29) is 5.91 Å². The number of hydrogen-bond donors (Lipinski definition) is 1. The van der Waals surface area contributed by atoms with E-state index in [2.05, 4.69) is 72.6 Å². The first-order valence-electron chi connectivity index (χ1n) is 9.50. The van der Waals surface area contributed by atoms with Crippen LogP contribution in [0.4, 0.5) is 5.95 Å². The first-order chi connectivity index (χ1) is 14.0. The minimum atomic E-state index is -0.256. The highest BCUT2D eigenvalue weighted by Crippen LogP contribution is 2.26. The van der Waals surface area contributed by atoms with Gasteiger partial charge in [0.2, 0.25) is 4.96 Å². The van der Waals surface area contributed by atoms with Crippen LogP contribution in [0.15, 0.2) is 60.0 Å². The number of anilines is 1. The van der Waals surface area contributed by atoms with Crippen molar-refractivity contribution < 1.29 is 4.79 Å². The molecule has 0 atom stereocenters. The molecule has 0 aliphatic carbocycles. The Labute approximate surface area is 173 Å². The lowest BCUT2D eigenvalue weighted by molar-refractivity contribution is -0.111. The summed E-state index contributed by atoms with van der Waals surface area (Å²) in [5, 5.41) is 9.21. The third-order valence-electron chi connectivity index (χ3n) is 4.69. The van der Waals surface area contributed by atoms with Gasteiger partial charge < -0.3 is 0 Å². The average Bonchev–Trinajstić information content (AvgIpc) is 3.27. The second-order valence-corrected chi connectivity index (χ2v) is 8.10. The molecule has 1 amide bonds. The van der Waals surface area contributed by atoms with Gasteiger partial charge in [-0.05, 0) is 30.0 Å². The fraction of sp³-hybridized carbons (Fsp3) is 0.174. The van der Waals surface area contributed by atoms with Crippen molar-refractivity contribution in [2.75, 3.05) is 5.32 Å². The first-order valence-corrected chi connectivity index (χ1v) is 10.4. The second-order valence-electron chi connectivity index (χ2n) is 7.26. The van der Waals surface area contributed by atoms with Crippen molar-refractivity contribution in [2.45, 2.75) is 26.7 Å². The fourth-order valence-corrected chi connectivity index (χ4v) is 3.80. The largest absolute Gasteiger partial charge is 0.290 e. The lowest BCUT2D eigenvalue weighted by Crippen LogP contribution is -2.09. The number of rotatable bonds is 5. The zero-order valence-electron chi connectivity index (χ0n) is 16.6. The van der Waals surface area contributed by atoms with E-state index in [1.54, 1.807) is 10.6 Å². The SMILES string of the molecule is Cc1ccc(-c2csc3nc(NC(=O)/C=C/c4ccc(C(C)C)cc4)nn23)cc1. The molecule has 2 aromatic heterocycles. The molecule has 0 unspecified atom stereocenters. The van der Waals surface area contributed by atoms with Gasteiger partial charge in [-0.2, -0.15) is 4.98 Å². The van der Waals surface area contributed by atoms with Crippen LogP contribution in [0, 0.1) is 6.92 Å². The summed E-state index contributed by atoms with van der Waals surface area (Å²) >= 11 is 1.49. The zero-order chi connectivity index (χ0) is 20.4. The van der Waals surface area contributed by atoms with Gasteiger partial charge in [0.1, 0.15) is 0 Å². The standard InChI is InChI=1S/C23H22N4OS/c1-15(2)18-11-6-17(7-12-18)8-13-21(28)24-22-25-23-27(26-22)20(14-29-23)19-9-4-16(3)5-10-19/h4-15H,1-3H3,(H,24,26,28)/b13-8+. The van der Waals surface area contributed by atoms with E-state index in [0.717, 1.165) is 21.8 Å². The van der Waals surface area contributed by atoms with E-state index in [4.69, 9.17) is 0 Å². The van der Waals surface area contributed by atoms with Gasteiger partial charge in [-0.1, -0.05) is 67.9 Å². The van der Waals surface area contributed by atoms with Crippen LogP contribution in [0.3, 0.4) is 0 Å². The molecular weight excluding hydrogens is 380 g/mol. The monoisotopic (exact) mass is 402 g/mol. The molecule has 0 aliphatic heterocycles. The number of fused-ring (bicyclic) bond motifs is 1. The van der Waals surface area contributed by atoms with Crippen LogP contribution in [0.25, 0.3) is 22.3 Å². The van der Waals surface area contributed by atoms with Crippen LogP contribution in [0.2, 0.25) is 0 Å². The molecule has 0 saturated carbocycles. The van der Waals surface area contributed by atoms with Crippen molar-refractivity contribution in [3.8, 4) is 11.3 Å². The Hall–Kier alpha value is -3.25. The third-order valence-corrected chi connectivity index (χ3v) is 5.51. The number of carbonyl (C=O) groups is 1. The highest BCUT2D eigenvalue weighted by molar-refractivity contribution is 7.15. The minimum Gasteiger partial charge on any atom is -0.290 e. The molecule has 6 heteroatoms. The quantitative estimate of drug-likeness (QED) is 0.446. The van der Waals surface area contributed by atoms with Crippen molar-refractivity contribution in [3.63, 3.8) is 0 Å². The summed E-state index contributed by atoms with van der Waals surface area (Å²) in [6.07, 6.45) is 3.29. The topological polar surface area (TPSA) is 59.3 Å². The minimum absolute atomic E-state index is 0.256. The first kappa shape index (κ1) is 19.1. The lowest BCUT2D eigenvalue weighted by Gasteiger charge is -2.04. The summed E-state index contributed by atoms with van der Waals surface area (Å²) < 4.78 is 1.76. The maximum atomic E-state index is 12.3. The van der Waals surface area contributed by atoms with Crippen molar-refractivity contribution in [3.05, 3.63) is 76.7 Å². The van der Waals surface area contributed by atoms with E-state index in [1.807, 2.05) is 17.5 Å². The number of carbonyl (C=O) groups excluding carboxylic acids is 1.